The van der Waals surface area contributed by atoms with Crippen LogP contribution in [-0.4, -0.2) is 19.0 Å². The summed E-state index contributed by atoms with van der Waals surface area (Å²) in [7, 11) is 0. The Labute approximate surface area is 101 Å². The van der Waals surface area contributed by atoms with Crippen molar-refractivity contribution in [3.8, 4) is 0 Å². The second kappa shape index (κ2) is 6.85. The van der Waals surface area contributed by atoms with Crippen LogP contribution in [0.4, 0.5) is 10.1 Å². The highest BCUT2D eigenvalue weighted by atomic mass is 19.1. The van der Waals surface area contributed by atoms with Gasteiger partial charge >= 0.3 is 0 Å². The average Bonchev–Trinajstić information content (AvgIpc) is 2.34. The van der Waals surface area contributed by atoms with Gasteiger partial charge < -0.3 is 4.90 Å². The molecular weight excluding hydrogens is 219 g/mol. The van der Waals surface area contributed by atoms with Crippen LogP contribution in [0.3, 0.4) is 0 Å². The fourth-order valence-corrected chi connectivity index (χ4v) is 1.53. The second-order valence-electron chi connectivity index (χ2n) is 3.57. The summed E-state index contributed by atoms with van der Waals surface area (Å²) in [4.78, 5) is 6.15. The van der Waals surface area contributed by atoms with Crippen LogP contribution in [0.25, 0.3) is 0 Å². The van der Waals surface area contributed by atoms with Gasteiger partial charge in [-0.15, -0.1) is 0 Å². The zero-order valence-electron chi connectivity index (χ0n) is 10.3. The monoisotopic (exact) mass is 238 g/mol. The van der Waals surface area contributed by atoms with Gasteiger partial charge in [-0.2, -0.15) is 0 Å². The summed E-state index contributed by atoms with van der Waals surface area (Å²) in [6.07, 6.45) is 0.936. The number of aliphatic imine (C=N–C) groups is 1. The first kappa shape index (κ1) is 13.4. The predicted molar refractivity (Wildman–Crippen MR) is 69.3 cm³/mol. The molecule has 1 aromatic rings. The van der Waals surface area contributed by atoms with Gasteiger partial charge in [0.1, 0.15) is 5.82 Å². The third-order valence-corrected chi connectivity index (χ3v) is 2.31. The van der Waals surface area contributed by atoms with Crippen molar-refractivity contribution < 1.29 is 4.39 Å². The second-order valence-corrected chi connectivity index (χ2v) is 3.57. The maximum Gasteiger partial charge on any atom is 0.212 e. The van der Waals surface area contributed by atoms with Crippen LogP contribution in [0.1, 0.15) is 20.3 Å². The van der Waals surface area contributed by atoms with Gasteiger partial charge in [0.05, 0.1) is 0 Å². The lowest BCUT2D eigenvalue weighted by molar-refractivity contribution is 0.627. The van der Waals surface area contributed by atoms with E-state index in [0.717, 1.165) is 12.1 Å². The Hall–Kier alpha value is -1.62. The fraction of sp³-hybridized carbons (Fsp3) is 0.417. The number of halogens is 1. The summed E-state index contributed by atoms with van der Waals surface area (Å²) in [5, 5.41) is 0. The lowest BCUT2D eigenvalue weighted by Gasteiger charge is -2.24. The highest BCUT2D eigenvalue weighted by Gasteiger charge is 2.10. The van der Waals surface area contributed by atoms with E-state index < -0.39 is 0 Å². The van der Waals surface area contributed by atoms with Gasteiger partial charge in [0.25, 0.3) is 0 Å². The van der Waals surface area contributed by atoms with Crippen LogP contribution in [0.5, 0.6) is 0 Å². The molecular formula is C12H19FN4. The molecule has 0 fully saturated rings. The molecule has 3 N–H and O–H groups in total. The molecule has 0 heterocycles. The molecule has 0 saturated heterocycles. The van der Waals surface area contributed by atoms with E-state index in [1.54, 1.807) is 6.07 Å². The number of rotatable bonds is 4. The van der Waals surface area contributed by atoms with Gasteiger partial charge in [-0.25, -0.2) is 10.2 Å². The van der Waals surface area contributed by atoms with E-state index in [2.05, 4.69) is 10.4 Å². The Kier molecular flexibility index (Phi) is 5.42. The molecule has 17 heavy (non-hydrogen) atoms. The van der Waals surface area contributed by atoms with Crippen molar-refractivity contribution in [2.45, 2.75) is 20.3 Å². The molecule has 0 radical (unpaired) electrons. The summed E-state index contributed by atoms with van der Waals surface area (Å²) < 4.78 is 13.2. The SMILES string of the molecule is CCCN=C(NN)N(CC)c1cccc(F)c1. The molecule has 0 spiro atoms. The van der Waals surface area contributed by atoms with E-state index in [1.807, 2.05) is 24.8 Å². The summed E-state index contributed by atoms with van der Waals surface area (Å²) in [6.45, 7) is 5.35. The smallest absolute Gasteiger partial charge is 0.212 e. The van der Waals surface area contributed by atoms with Crippen LogP contribution < -0.4 is 16.2 Å². The van der Waals surface area contributed by atoms with E-state index >= 15 is 0 Å². The van der Waals surface area contributed by atoms with Crippen molar-refractivity contribution in [2.24, 2.45) is 10.8 Å². The quantitative estimate of drug-likeness (QED) is 0.364. The third kappa shape index (κ3) is 3.71. The van der Waals surface area contributed by atoms with Crippen molar-refractivity contribution in [3.63, 3.8) is 0 Å². The molecule has 0 aliphatic rings. The van der Waals surface area contributed by atoms with Crippen molar-refractivity contribution in [2.75, 3.05) is 18.0 Å². The minimum absolute atomic E-state index is 0.271. The maximum absolute atomic E-state index is 13.2. The maximum atomic E-state index is 13.2. The van der Waals surface area contributed by atoms with Crippen molar-refractivity contribution in [1.82, 2.24) is 5.43 Å². The first-order chi connectivity index (χ1) is 8.22. The molecule has 0 amide bonds. The summed E-state index contributed by atoms with van der Waals surface area (Å²) >= 11 is 0. The number of hydrogen-bond acceptors (Lipinski definition) is 2. The third-order valence-electron chi connectivity index (χ3n) is 2.31. The number of hydrazine groups is 1. The van der Waals surface area contributed by atoms with Gasteiger partial charge in [0, 0.05) is 18.8 Å². The number of benzene rings is 1. The molecule has 0 bridgehead atoms. The average molecular weight is 238 g/mol. The molecule has 94 valence electrons. The minimum atomic E-state index is -0.271. The molecule has 1 aromatic carbocycles. The minimum Gasteiger partial charge on any atom is -0.312 e. The topological polar surface area (TPSA) is 53.6 Å². The molecule has 0 atom stereocenters. The molecule has 0 aliphatic carbocycles. The van der Waals surface area contributed by atoms with Gasteiger partial charge in [0.15, 0.2) is 0 Å². The molecule has 4 nitrogen and oxygen atoms in total. The number of hydrogen-bond donors (Lipinski definition) is 2. The van der Waals surface area contributed by atoms with Crippen LogP contribution in [0.2, 0.25) is 0 Å². The number of nitrogens with one attached hydrogen (secondary N) is 1. The highest BCUT2D eigenvalue weighted by molar-refractivity contribution is 5.95. The van der Waals surface area contributed by atoms with Gasteiger partial charge in [-0.05, 0) is 31.5 Å². The molecule has 0 aromatic heterocycles. The number of guanidine groups is 1. The molecule has 1 rings (SSSR count). The zero-order valence-corrected chi connectivity index (χ0v) is 10.3. The molecule has 5 heteroatoms. The molecule has 0 unspecified atom stereocenters. The highest BCUT2D eigenvalue weighted by Crippen LogP contribution is 2.15. The standard InChI is InChI=1S/C12H19FN4/c1-3-8-15-12(16-14)17(4-2)11-7-5-6-10(13)9-11/h5-7,9H,3-4,8,14H2,1-2H3,(H,15,16). The molecule has 0 saturated carbocycles. The van der Waals surface area contributed by atoms with E-state index in [0.29, 0.717) is 19.0 Å². The lowest BCUT2D eigenvalue weighted by atomic mass is 10.3. The van der Waals surface area contributed by atoms with E-state index in [9.17, 15) is 4.39 Å². The number of nitrogens with zero attached hydrogens (tertiary/aromatic N) is 2. The summed E-state index contributed by atoms with van der Waals surface area (Å²) in [5.41, 5.74) is 3.30. The Bertz CT molecular complexity index is 379. The van der Waals surface area contributed by atoms with Gasteiger partial charge in [0.2, 0.25) is 5.96 Å². The van der Waals surface area contributed by atoms with Crippen LogP contribution in [-0.2, 0) is 0 Å². The number of anilines is 1. The first-order valence-corrected chi connectivity index (χ1v) is 5.77. The van der Waals surface area contributed by atoms with Gasteiger partial charge in [-0.1, -0.05) is 13.0 Å². The van der Waals surface area contributed by atoms with E-state index in [-0.39, 0.29) is 5.82 Å². The Morgan fingerprint density at radius 3 is 2.76 bits per heavy atom. The Balaban J connectivity index is 2.96. The number of nitrogens with two attached hydrogens (primary N) is 1. The van der Waals surface area contributed by atoms with Crippen LogP contribution in [0.15, 0.2) is 29.3 Å². The van der Waals surface area contributed by atoms with Crippen LogP contribution >= 0.6 is 0 Å². The first-order valence-electron chi connectivity index (χ1n) is 5.77. The lowest BCUT2D eigenvalue weighted by Crippen LogP contribution is -2.45. The largest absolute Gasteiger partial charge is 0.312 e. The van der Waals surface area contributed by atoms with Crippen LogP contribution in [0, 0.1) is 5.82 Å². The normalized spacial score (nSPS) is 11.4. The van der Waals surface area contributed by atoms with Gasteiger partial charge in [-0.3, -0.25) is 10.4 Å². The van der Waals surface area contributed by atoms with Crippen molar-refractivity contribution in [1.29, 1.82) is 0 Å². The van der Waals surface area contributed by atoms with Crippen molar-refractivity contribution >= 4 is 11.6 Å². The van der Waals surface area contributed by atoms with Crippen molar-refractivity contribution in [3.05, 3.63) is 30.1 Å². The Morgan fingerprint density at radius 2 is 2.24 bits per heavy atom. The molecule has 0 aliphatic heterocycles. The summed E-state index contributed by atoms with van der Waals surface area (Å²) in [6, 6.07) is 6.37. The fourth-order valence-electron chi connectivity index (χ4n) is 1.53. The summed E-state index contributed by atoms with van der Waals surface area (Å²) in [5.74, 6) is 5.73. The van der Waals surface area contributed by atoms with E-state index in [4.69, 9.17) is 5.84 Å². The zero-order chi connectivity index (χ0) is 12.7. The predicted octanol–water partition coefficient (Wildman–Crippen LogP) is 1.88. The van der Waals surface area contributed by atoms with E-state index in [1.165, 1.54) is 12.1 Å². The Morgan fingerprint density at radius 1 is 1.47 bits per heavy atom.